The SMILES string of the molecule is COc1cccc(N2C=C(c3cc(=O)c4cc(C)cc(C(C)CCCc5ccccc5C(=O)O)c4o3)CCC(C)N2)c1. The van der Waals surface area contributed by atoms with Crippen molar-refractivity contribution in [1.82, 2.24) is 5.43 Å². The van der Waals surface area contributed by atoms with E-state index >= 15 is 0 Å². The van der Waals surface area contributed by atoms with Gasteiger partial charge in [-0.05, 0) is 92.8 Å². The largest absolute Gasteiger partial charge is 0.497 e. The van der Waals surface area contributed by atoms with E-state index in [1.807, 2.05) is 60.6 Å². The smallest absolute Gasteiger partial charge is 0.335 e. The van der Waals surface area contributed by atoms with Gasteiger partial charge in [0.05, 0.1) is 23.7 Å². The average Bonchev–Trinajstić information content (AvgIpc) is 3.19. The normalized spacial score (nSPS) is 16.1. The van der Waals surface area contributed by atoms with Crippen LogP contribution in [0.15, 0.2) is 82.1 Å². The fourth-order valence-electron chi connectivity index (χ4n) is 5.69. The van der Waals surface area contributed by atoms with Gasteiger partial charge in [-0.15, -0.1) is 0 Å². The second-order valence-corrected chi connectivity index (χ2v) is 11.3. The molecule has 3 aromatic carbocycles. The highest BCUT2D eigenvalue weighted by atomic mass is 16.5. The van der Waals surface area contributed by atoms with Gasteiger partial charge in [-0.1, -0.05) is 37.3 Å². The van der Waals surface area contributed by atoms with E-state index in [9.17, 15) is 14.7 Å². The standard InChI is InChI=1S/C35H38N2O5/c1-22-17-30(23(2)9-7-11-25-10-5-6-14-29(25)35(39)40)34-31(18-22)32(38)20-33(42-34)26-16-15-24(3)36-37(21-26)27-12-8-13-28(19-27)41-4/h5-6,8,10,12-14,17-21,23-24,36H,7,9,11,15-16H2,1-4H3,(H,39,40). The number of fused-ring (bicyclic) bond motifs is 1. The maximum absolute atomic E-state index is 13.5. The van der Waals surface area contributed by atoms with Crippen molar-refractivity contribution < 1.29 is 19.1 Å². The van der Waals surface area contributed by atoms with Crippen LogP contribution in [0.4, 0.5) is 5.69 Å². The number of allylic oxidation sites excluding steroid dienone is 1. The van der Waals surface area contributed by atoms with Crippen LogP contribution in [0.25, 0.3) is 16.5 Å². The summed E-state index contributed by atoms with van der Waals surface area (Å²) in [6.45, 7) is 6.28. The maximum atomic E-state index is 13.5. The van der Waals surface area contributed by atoms with Gasteiger partial charge in [0.2, 0.25) is 0 Å². The highest BCUT2D eigenvalue weighted by Gasteiger charge is 2.21. The minimum absolute atomic E-state index is 0.0575. The number of hydrogen-bond donors (Lipinski definition) is 2. The lowest BCUT2D eigenvalue weighted by Crippen LogP contribution is -2.39. The van der Waals surface area contributed by atoms with Gasteiger partial charge < -0.3 is 14.3 Å². The number of hydrogen-bond acceptors (Lipinski definition) is 6. The molecule has 0 saturated carbocycles. The zero-order valence-electron chi connectivity index (χ0n) is 24.6. The summed E-state index contributed by atoms with van der Waals surface area (Å²) >= 11 is 0. The third-order valence-corrected chi connectivity index (χ3v) is 8.00. The van der Waals surface area contributed by atoms with E-state index in [0.29, 0.717) is 28.7 Å². The molecule has 2 N–H and O–H groups in total. The van der Waals surface area contributed by atoms with Crippen molar-refractivity contribution in [3.05, 3.63) is 111 Å². The number of carboxylic acids is 1. The third-order valence-electron chi connectivity index (χ3n) is 8.00. The molecule has 0 fully saturated rings. The molecule has 0 radical (unpaired) electrons. The average molecular weight is 567 g/mol. The van der Waals surface area contributed by atoms with Gasteiger partial charge in [0.25, 0.3) is 0 Å². The lowest BCUT2D eigenvalue weighted by Gasteiger charge is -2.24. The van der Waals surface area contributed by atoms with Gasteiger partial charge in [-0.25, -0.2) is 10.2 Å². The summed E-state index contributed by atoms with van der Waals surface area (Å²) in [6, 6.07) is 20.8. The zero-order chi connectivity index (χ0) is 29.8. The molecular formula is C35H38N2O5. The van der Waals surface area contributed by atoms with Crippen molar-refractivity contribution in [2.45, 2.75) is 64.8 Å². The number of rotatable bonds is 9. The molecular weight excluding hydrogens is 528 g/mol. The molecule has 1 aromatic heterocycles. The van der Waals surface area contributed by atoms with Crippen LogP contribution in [0.3, 0.4) is 0 Å². The fraction of sp³-hybridized carbons (Fsp3) is 0.314. The number of methoxy groups -OCH3 is 1. The van der Waals surface area contributed by atoms with Crippen molar-refractivity contribution >= 4 is 28.2 Å². The van der Waals surface area contributed by atoms with Crippen molar-refractivity contribution in [3.8, 4) is 5.75 Å². The number of carboxylic acid groups (broad SMARTS) is 1. The first-order valence-corrected chi connectivity index (χ1v) is 14.5. The first-order valence-electron chi connectivity index (χ1n) is 14.5. The Bertz CT molecular complexity index is 1690. The molecule has 0 amide bonds. The Morgan fingerprint density at radius 3 is 2.74 bits per heavy atom. The van der Waals surface area contributed by atoms with Crippen molar-refractivity contribution in [3.63, 3.8) is 0 Å². The number of hydrazine groups is 1. The van der Waals surface area contributed by atoms with Crippen LogP contribution in [-0.2, 0) is 6.42 Å². The molecule has 7 nitrogen and oxygen atoms in total. The van der Waals surface area contributed by atoms with E-state index in [1.54, 1.807) is 25.3 Å². The Kier molecular flexibility index (Phi) is 8.78. The number of aromatic carboxylic acids is 1. The molecule has 7 heteroatoms. The molecule has 0 aliphatic carbocycles. The van der Waals surface area contributed by atoms with E-state index in [4.69, 9.17) is 9.15 Å². The van der Waals surface area contributed by atoms with Gasteiger partial charge in [0, 0.05) is 29.9 Å². The number of carbonyl (C=O) groups is 1. The number of anilines is 1. The highest BCUT2D eigenvalue weighted by Crippen LogP contribution is 2.33. The predicted molar refractivity (Wildman–Crippen MR) is 167 cm³/mol. The van der Waals surface area contributed by atoms with Gasteiger partial charge in [0.1, 0.15) is 17.1 Å². The topological polar surface area (TPSA) is 92.0 Å². The molecule has 2 heterocycles. The lowest BCUT2D eigenvalue weighted by atomic mass is 9.90. The van der Waals surface area contributed by atoms with Crippen LogP contribution in [-0.4, -0.2) is 24.2 Å². The minimum Gasteiger partial charge on any atom is -0.497 e. The number of aryl methyl sites for hydroxylation is 2. The third kappa shape index (κ3) is 6.42. The Morgan fingerprint density at radius 2 is 1.95 bits per heavy atom. The number of nitrogens with zero attached hydrogens (tertiary/aromatic N) is 1. The van der Waals surface area contributed by atoms with Gasteiger partial charge in [-0.2, -0.15) is 0 Å². The minimum atomic E-state index is -0.903. The first kappa shape index (κ1) is 29.1. The molecule has 0 spiro atoms. The second kappa shape index (κ2) is 12.7. The van der Waals surface area contributed by atoms with E-state index in [0.717, 1.165) is 59.4 Å². The molecule has 5 rings (SSSR count). The van der Waals surface area contributed by atoms with E-state index in [1.165, 1.54) is 0 Å². The Labute approximate surface area is 246 Å². The molecule has 2 unspecified atom stereocenters. The number of ether oxygens (including phenoxy) is 1. The van der Waals surface area contributed by atoms with Crippen molar-refractivity contribution in [2.24, 2.45) is 0 Å². The van der Waals surface area contributed by atoms with E-state index in [-0.39, 0.29) is 17.4 Å². The van der Waals surface area contributed by atoms with Crippen molar-refractivity contribution in [2.75, 3.05) is 12.1 Å². The highest BCUT2D eigenvalue weighted by molar-refractivity contribution is 5.89. The molecule has 218 valence electrons. The monoisotopic (exact) mass is 566 g/mol. The van der Waals surface area contributed by atoms with Crippen LogP contribution in [0.5, 0.6) is 5.75 Å². The molecule has 4 aromatic rings. The lowest BCUT2D eigenvalue weighted by molar-refractivity contribution is 0.0695. The van der Waals surface area contributed by atoms with Crippen LogP contribution < -0.4 is 20.6 Å². The van der Waals surface area contributed by atoms with Crippen molar-refractivity contribution in [1.29, 1.82) is 0 Å². The molecule has 42 heavy (non-hydrogen) atoms. The van der Waals surface area contributed by atoms with Gasteiger partial charge in [0.15, 0.2) is 5.43 Å². The van der Waals surface area contributed by atoms with Crippen LogP contribution >= 0.6 is 0 Å². The number of nitrogens with one attached hydrogen (secondary N) is 1. The Balaban J connectivity index is 1.47. The van der Waals surface area contributed by atoms with E-state index < -0.39 is 5.97 Å². The summed E-state index contributed by atoms with van der Waals surface area (Å²) in [5.41, 5.74) is 9.17. The summed E-state index contributed by atoms with van der Waals surface area (Å²) in [7, 11) is 1.65. The predicted octanol–water partition coefficient (Wildman–Crippen LogP) is 7.47. The number of benzene rings is 3. The Morgan fingerprint density at radius 1 is 1.14 bits per heavy atom. The summed E-state index contributed by atoms with van der Waals surface area (Å²) in [4.78, 5) is 25.1. The van der Waals surface area contributed by atoms with Crippen LogP contribution in [0, 0.1) is 6.92 Å². The quantitative estimate of drug-likeness (QED) is 0.217. The van der Waals surface area contributed by atoms with Gasteiger partial charge >= 0.3 is 5.97 Å². The van der Waals surface area contributed by atoms with E-state index in [2.05, 4.69) is 25.3 Å². The molecule has 1 aliphatic rings. The second-order valence-electron chi connectivity index (χ2n) is 11.3. The van der Waals surface area contributed by atoms with Crippen LogP contribution in [0.1, 0.15) is 78.3 Å². The fourth-order valence-corrected chi connectivity index (χ4v) is 5.69. The first-order chi connectivity index (χ1) is 20.2. The molecule has 2 atom stereocenters. The molecule has 0 bridgehead atoms. The van der Waals surface area contributed by atoms with Crippen LogP contribution in [0.2, 0.25) is 0 Å². The summed E-state index contributed by atoms with van der Waals surface area (Å²) in [5.74, 6) is 0.545. The summed E-state index contributed by atoms with van der Waals surface area (Å²) in [6.07, 6.45) is 5.96. The molecule has 1 aliphatic heterocycles. The maximum Gasteiger partial charge on any atom is 0.335 e. The zero-order valence-corrected chi connectivity index (χ0v) is 24.6. The molecule has 0 saturated heterocycles. The Hall–Kier alpha value is -4.36. The van der Waals surface area contributed by atoms with Gasteiger partial charge in [-0.3, -0.25) is 9.80 Å². The summed E-state index contributed by atoms with van der Waals surface area (Å²) in [5, 5.41) is 12.1. The summed E-state index contributed by atoms with van der Waals surface area (Å²) < 4.78 is 12.0.